The number of ether oxygens (including phenoxy) is 1. The average molecular weight is 273 g/mol. The number of carbonyl (C=O) groups is 1. The molecule has 5 nitrogen and oxygen atoms in total. The fourth-order valence-corrected chi connectivity index (χ4v) is 1.94. The van der Waals surface area contributed by atoms with Crippen LogP contribution in [0.4, 0.5) is 10.5 Å². The molecule has 1 aromatic carbocycles. The predicted octanol–water partition coefficient (Wildman–Crippen LogP) is 3.28. The topological polar surface area (TPSA) is 67.0 Å². The molecule has 2 aromatic rings. The number of aryl methyl sites for hydroxylation is 2. The Morgan fingerprint density at radius 2 is 2.00 bits per heavy atom. The molecular formula is C15H19N3O2. The number of H-pyrrole nitrogens is 1. The molecule has 0 spiro atoms. The predicted molar refractivity (Wildman–Crippen MR) is 77.6 cm³/mol. The maximum atomic E-state index is 11.8. The number of hydrogen-bond acceptors (Lipinski definition) is 3. The van der Waals surface area contributed by atoms with Gasteiger partial charge in [-0.25, -0.2) is 4.79 Å². The molecule has 0 atom stereocenters. The summed E-state index contributed by atoms with van der Waals surface area (Å²) in [6.07, 6.45) is 1.08. The summed E-state index contributed by atoms with van der Waals surface area (Å²) in [7, 11) is 0. The lowest BCUT2D eigenvalue weighted by atomic mass is 10.2. The van der Waals surface area contributed by atoms with Crippen LogP contribution < -0.4 is 5.32 Å². The van der Waals surface area contributed by atoms with Crippen LogP contribution in [-0.2, 0) is 24.2 Å². The van der Waals surface area contributed by atoms with Crippen LogP contribution in [0.5, 0.6) is 0 Å². The zero-order chi connectivity index (χ0) is 14.4. The summed E-state index contributed by atoms with van der Waals surface area (Å²) in [4.78, 5) is 11.8. The van der Waals surface area contributed by atoms with Gasteiger partial charge in [0, 0.05) is 0 Å². The minimum Gasteiger partial charge on any atom is -0.444 e. The highest BCUT2D eigenvalue weighted by molar-refractivity contribution is 5.86. The third-order valence-corrected chi connectivity index (χ3v) is 3.04. The molecule has 2 rings (SSSR count). The first-order valence-electron chi connectivity index (χ1n) is 6.78. The van der Waals surface area contributed by atoms with Crippen LogP contribution in [0, 0.1) is 0 Å². The SMILES string of the molecule is CCc1n[nH]c(CC)c1NC(=O)OCc1ccccc1. The molecule has 0 saturated carbocycles. The van der Waals surface area contributed by atoms with Gasteiger partial charge >= 0.3 is 6.09 Å². The van der Waals surface area contributed by atoms with E-state index in [4.69, 9.17) is 4.74 Å². The number of aromatic nitrogens is 2. The van der Waals surface area contributed by atoms with Gasteiger partial charge in [-0.2, -0.15) is 5.10 Å². The summed E-state index contributed by atoms with van der Waals surface area (Å²) < 4.78 is 5.21. The normalized spacial score (nSPS) is 10.3. The Bertz CT molecular complexity index is 542. The molecule has 1 heterocycles. The number of aromatic amines is 1. The molecule has 0 fully saturated rings. The quantitative estimate of drug-likeness (QED) is 0.878. The van der Waals surface area contributed by atoms with Crippen LogP contribution in [0.3, 0.4) is 0 Å². The van der Waals surface area contributed by atoms with Gasteiger partial charge in [0.2, 0.25) is 0 Å². The maximum Gasteiger partial charge on any atom is 0.412 e. The molecule has 2 N–H and O–H groups in total. The zero-order valence-corrected chi connectivity index (χ0v) is 11.8. The maximum absolute atomic E-state index is 11.8. The molecular weight excluding hydrogens is 254 g/mol. The van der Waals surface area contributed by atoms with Crippen molar-refractivity contribution in [1.82, 2.24) is 10.2 Å². The summed E-state index contributed by atoms with van der Waals surface area (Å²) in [6, 6.07) is 9.59. The third kappa shape index (κ3) is 3.38. The van der Waals surface area contributed by atoms with E-state index in [0.29, 0.717) is 0 Å². The highest BCUT2D eigenvalue weighted by Crippen LogP contribution is 2.19. The molecule has 1 amide bonds. The van der Waals surface area contributed by atoms with E-state index in [9.17, 15) is 4.79 Å². The first kappa shape index (κ1) is 14.1. The minimum atomic E-state index is -0.459. The largest absolute Gasteiger partial charge is 0.444 e. The average Bonchev–Trinajstić information content (AvgIpc) is 2.88. The van der Waals surface area contributed by atoms with Crippen molar-refractivity contribution in [3.05, 3.63) is 47.3 Å². The number of nitrogens with zero attached hydrogens (tertiary/aromatic N) is 1. The molecule has 0 saturated heterocycles. The lowest BCUT2D eigenvalue weighted by Crippen LogP contribution is -2.15. The molecule has 0 aliphatic carbocycles. The van der Waals surface area contributed by atoms with E-state index in [1.165, 1.54) is 0 Å². The highest BCUT2D eigenvalue weighted by Gasteiger charge is 2.14. The molecule has 0 unspecified atom stereocenters. The fraction of sp³-hybridized carbons (Fsp3) is 0.333. The van der Waals surface area contributed by atoms with E-state index in [2.05, 4.69) is 15.5 Å². The first-order valence-corrected chi connectivity index (χ1v) is 6.78. The van der Waals surface area contributed by atoms with E-state index < -0.39 is 6.09 Å². The second-order valence-corrected chi connectivity index (χ2v) is 4.42. The third-order valence-electron chi connectivity index (χ3n) is 3.04. The highest BCUT2D eigenvalue weighted by atomic mass is 16.5. The van der Waals surface area contributed by atoms with Crippen LogP contribution in [0.2, 0.25) is 0 Å². The molecule has 5 heteroatoms. The van der Waals surface area contributed by atoms with Gasteiger partial charge < -0.3 is 4.74 Å². The minimum absolute atomic E-state index is 0.257. The summed E-state index contributed by atoms with van der Waals surface area (Å²) in [5.74, 6) is 0. The van der Waals surface area contributed by atoms with Crippen LogP contribution in [0.1, 0.15) is 30.8 Å². The number of anilines is 1. The van der Waals surface area contributed by atoms with Gasteiger partial charge in [0.1, 0.15) is 6.61 Å². The van der Waals surface area contributed by atoms with Crippen molar-refractivity contribution in [3.8, 4) is 0 Å². The zero-order valence-electron chi connectivity index (χ0n) is 11.8. The Hall–Kier alpha value is -2.30. The van der Waals surface area contributed by atoms with Gasteiger partial charge in [-0.05, 0) is 18.4 Å². The van der Waals surface area contributed by atoms with E-state index in [0.717, 1.165) is 35.5 Å². The van der Waals surface area contributed by atoms with Crippen molar-refractivity contribution >= 4 is 11.8 Å². The van der Waals surface area contributed by atoms with E-state index in [-0.39, 0.29) is 6.61 Å². The van der Waals surface area contributed by atoms with Gasteiger partial charge in [-0.3, -0.25) is 10.4 Å². The number of nitrogens with one attached hydrogen (secondary N) is 2. The first-order chi connectivity index (χ1) is 9.74. The van der Waals surface area contributed by atoms with Crippen LogP contribution in [0.15, 0.2) is 30.3 Å². The van der Waals surface area contributed by atoms with E-state index in [1.54, 1.807) is 0 Å². The van der Waals surface area contributed by atoms with Crippen molar-refractivity contribution in [2.75, 3.05) is 5.32 Å². The van der Waals surface area contributed by atoms with E-state index in [1.807, 2.05) is 44.2 Å². The molecule has 0 aliphatic rings. The smallest absolute Gasteiger partial charge is 0.412 e. The van der Waals surface area contributed by atoms with Gasteiger partial charge in [-0.1, -0.05) is 44.2 Å². The van der Waals surface area contributed by atoms with Crippen molar-refractivity contribution in [1.29, 1.82) is 0 Å². The molecule has 0 radical (unpaired) electrons. The standard InChI is InChI=1S/C15H19N3O2/c1-3-12-14(13(4-2)18-17-12)16-15(19)20-10-11-8-6-5-7-9-11/h5-9H,3-4,10H2,1-2H3,(H,16,19)(H,17,18). The second kappa shape index (κ2) is 6.75. The monoisotopic (exact) mass is 273 g/mol. The lowest BCUT2D eigenvalue weighted by Gasteiger charge is -2.08. The van der Waals surface area contributed by atoms with Crippen LogP contribution >= 0.6 is 0 Å². The molecule has 20 heavy (non-hydrogen) atoms. The number of carbonyl (C=O) groups excluding carboxylic acids is 1. The number of amides is 1. The second-order valence-electron chi connectivity index (χ2n) is 4.42. The number of hydrogen-bond donors (Lipinski definition) is 2. The summed E-state index contributed by atoms with van der Waals surface area (Å²) in [5, 5.41) is 9.89. The lowest BCUT2D eigenvalue weighted by molar-refractivity contribution is 0.155. The van der Waals surface area contributed by atoms with Gasteiger partial charge in [0.15, 0.2) is 0 Å². The summed E-state index contributed by atoms with van der Waals surface area (Å²) in [6.45, 7) is 4.26. The Balaban J connectivity index is 1.96. The van der Waals surface area contributed by atoms with Crippen LogP contribution in [0.25, 0.3) is 0 Å². The van der Waals surface area contributed by atoms with Crippen LogP contribution in [-0.4, -0.2) is 16.3 Å². The Kier molecular flexibility index (Phi) is 4.76. The molecule has 0 bridgehead atoms. The summed E-state index contributed by atoms with van der Waals surface area (Å²) >= 11 is 0. The molecule has 0 aliphatic heterocycles. The van der Waals surface area contributed by atoms with E-state index >= 15 is 0 Å². The fourth-order valence-electron chi connectivity index (χ4n) is 1.94. The number of rotatable bonds is 5. The van der Waals surface area contributed by atoms with Gasteiger partial charge in [0.25, 0.3) is 0 Å². The number of benzene rings is 1. The Labute approximate surface area is 118 Å². The summed E-state index contributed by atoms with van der Waals surface area (Å²) in [5.41, 5.74) is 3.46. The molecule has 1 aromatic heterocycles. The van der Waals surface area contributed by atoms with Gasteiger partial charge in [0.05, 0.1) is 17.1 Å². The molecule has 106 valence electrons. The Morgan fingerprint density at radius 1 is 1.25 bits per heavy atom. The Morgan fingerprint density at radius 3 is 2.65 bits per heavy atom. The van der Waals surface area contributed by atoms with Crippen molar-refractivity contribution in [2.45, 2.75) is 33.3 Å². The van der Waals surface area contributed by atoms with Crippen molar-refractivity contribution < 1.29 is 9.53 Å². The van der Waals surface area contributed by atoms with Crippen molar-refractivity contribution in [3.63, 3.8) is 0 Å². The van der Waals surface area contributed by atoms with Crippen molar-refractivity contribution in [2.24, 2.45) is 0 Å². The van der Waals surface area contributed by atoms with Gasteiger partial charge in [-0.15, -0.1) is 0 Å².